The quantitative estimate of drug-likeness (QED) is 0.838. The molecule has 1 saturated heterocycles. The number of hydrogen-bond acceptors (Lipinski definition) is 3. The first-order chi connectivity index (χ1) is 9.02. The van der Waals surface area contributed by atoms with Gasteiger partial charge in [0.15, 0.2) is 0 Å². The molecule has 0 radical (unpaired) electrons. The first-order valence-electron chi connectivity index (χ1n) is 6.63. The van der Waals surface area contributed by atoms with Crippen molar-refractivity contribution in [2.24, 2.45) is 0 Å². The highest BCUT2D eigenvalue weighted by atomic mass is 79.9. The van der Waals surface area contributed by atoms with Crippen LogP contribution in [0, 0.1) is 18.3 Å². The molecule has 0 aliphatic carbocycles. The predicted octanol–water partition coefficient (Wildman–Crippen LogP) is 3.18. The average molecular weight is 322 g/mol. The molecule has 1 aromatic rings. The van der Waals surface area contributed by atoms with Crippen molar-refractivity contribution < 1.29 is 0 Å². The van der Waals surface area contributed by atoms with Crippen molar-refractivity contribution >= 4 is 21.6 Å². The van der Waals surface area contributed by atoms with Gasteiger partial charge in [0.2, 0.25) is 0 Å². The number of hydrogen-bond donors (Lipinski definition) is 0. The smallest absolute Gasteiger partial charge is 0.0643 e. The topological polar surface area (TPSA) is 30.3 Å². The van der Waals surface area contributed by atoms with Crippen LogP contribution in [0.4, 0.5) is 5.69 Å². The summed E-state index contributed by atoms with van der Waals surface area (Å²) in [5.41, 5.74) is 2.51. The van der Waals surface area contributed by atoms with Gasteiger partial charge < -0.3 is 4.90 Å². The summed E-state index contributed by atoms with van der Waals surface area (Å²) in [6, 6.07) is 9.49. The Kier molecular flexibility index (Phi) is 4.49. The van der Waals surface area contributed by atoms with Crippen molar-refractivity contribution in [3.05, 3.63) is 28.2 Å². The lowest BCUT2D eigenvalue weighted by atomic mass is 10.0. The van der Waals surface area contributed by atoms with E-state index in [0.717, 1.165) is 17.6 Å². The van der Waals surface area contributed by atoms with Crippen LogP contribution in [0.25, 0.3) is 0 Å². The highest BCUT2D eigenvalue weighted by Crippen LogP contribution is 2.29. The highest BCUT2D eigenvalue weighted by Gasteiger charge is 2.30. The number of halogens is 1. The van der Waals surface area contributed by atoms with Gasteiger partial charge in [-0.2, -0.15) is 5.26 Å². The monoisotopic (exact) mass is 321 g/mol. The van der Waals surface area contributed by atoms with Crippen LogP contribution >= 0.6 is 15.9 Å². The van der Waals surface area contributed by atoms with Crippen LogP contribution < -0.4 is 4.90 Å². The molecule has 0 N–H and O–H groups in total. The van der Waals surface area contributed by atoms with Gasteiger partial charge in [0.25, 0.3) is 0 Å². The summed E-state index contributed by atoms with van der Waals surface area (Å²) < 4.78 is 1.10. The van der Waals surface area contributed by atoms with Gasteiger partial charge in [-0.05, 0) is 44.7 Å². The Morgan fingerprint density at radius 2 is 2.16 bits per heavy atom. The van der Waals surface area contributed by atoms with E-state index < -0.39 is 0 Å². The summed E-state index contributed by atoms with van der Waals surface area (Å²) in [6.07, 6.45) is 0.576. The second kappa shape index (κ2) is 5.94. The van der Waals surface area contributed by atoms with E-state index in [0.29, 0.717) is 12.5 Å². The Balaban J connectivity index is 2.31. The van der Waals surface area contributed by atoms with E-state index in [1.54, 1.807) is 0 Å². The van der Waals surface area contributed by atoms with E-state index >= 15 is 0 Å². The third kappa shape index (κ3) is 3.10. The largest absolute Gasteiger partial charge is 0.364 e. The van der Waals surface area contributed by atoms with Crippen LogP contribution in [0.3, 0.4) is 0 Å². The summed E-state index contributed by atoms with van der Waals surface area (Å²) >= 11 is 3.51. The summed E-state index contributed by atoms with van der Waals surface area (Å²) in [5, 5.41) is 9.05. The molecule has 1 fully saturated rings. The minimum Gasteiger partial charge on any atom is -0.364 e. The van der Waals surface area contributed by atoms with E-state index in [2.05, 4.69) is 70.9 Å². The lowest BCUT2D eigenvalue weighted by Gasteiger charge is -2.45. The van der Waals surface area contributed by atoms with Gasteiger partial charge in [-0.25, -0.2) is 0 Å². The minimum atomic E-state index is 0.283. The Hall–Kier alpha value is -1.05. The molecule has 19 heavy (non-hydrogen) atoms. The van der Waals surface area contributed by atoms with E-state index in [4.69, 9.17) is 5.26 Å². The second-order valence-electron chi connectivity index (χ2n) is 5.39. The zero-order valence-electron chi connectivity index (χ0n) is 11.7. The summed E-state index contributed by atoms with van der Waals surface area (Å²) in [6.45, 7) is 6.30. The average Bonchev–Trinajstić information content (AvgIpc) is 2.34. The fourth-order valence-electron chi connectivity index (χ4n) is 2.70. The molecule has 1 aromatic carbocycles. The van der Waals surface area contributed by atoms with E-state index in [1.807, 2.05) is 0 Å². The number of nitriles is 1. The summed E-state index contributed by atoms with van der Waals surface area (Å²) in [4.78, 5) is 4.74. The van der Waals surface area contributed by atoms with Gasteiger partial charge in [-0.1, -0.05) is 15.9 Å². The molecule has 1 aliphatic heterocycles. The SMILES string of the molecule is Cc1cc(Br)ccc1N1CC(C)N(C)CC1CC#N. The number of nitrogens with zero attached hydrogens (tertiary/aromatic N) is 3. The number of likely N-dealkylation sites (N-methyl/N-ethyl adjacent to an activating group) is 1. The zero-order chi connectivity index (χ0) is 14.0. The number of anilines is 1. The maximum absolute atomic E-state index is 9.05. The molecule has 2 atom stereocenters. The van der Waals surface area contributed by atoms with E-state index in [9.17, 15) is 0 Å². The van der Waals surface area contributed by atoms with Gasteiger partial charge in [-0.15, -0.1) is 0 Å². The molecule has 1 aliphatic rings. The van der Waals surface area contributed by atoms with Crippen LogP contribution in [0.1, 0.15) is 18.9 Å². The maximum Gasteiger partial charge on any atom is 0.0643 e. The molecule has 2 rings (SSSR count). The Morgan fingerprint density at radius 1 is 1.42 bits per heavy atom. The number of benzene rings is 1. The molecule has 102 valence electrons. The van der Waals surface area contributed by atoms with Crippen molar-refractivity contribution in [3.63, 3.8) is 0 Å². The standard InChI is InChI=1S/C15H20BrN3/c1-11-8-13(16)4-5-15(11)19-9-12(2)18(3)10-14(19)6-7-17/h4-5,8,12,14H,6,9-10H2,1-3H3. The molecule has 3 nitrogen and oxygen atoms in total. The molecule has 0 bridgehead atoms. The lowest BCUT2D eigenvalue weighted by Crippen LogP contribution is -2.56. The van der Waals surface area contributed by atoms with Crippen LogP contribution in [0.15, 0.2) is 22.7 Å². The van der Waals surface area contributed by atoms with Gasteiger partial charge in [0.05, 0.1) is 18.5 Å². The molecule has 2 unspecified atom stereocenters. The van der Waals surface area contributed by atoms with Crippen molar-refractivity contribution in [1.29, 1.82) is 5.26 Å². The predicted molar refractivity (Wildman–Crippen MR) is 82.3 cm³/mol. The van der Waals surface area contributed by atoms with Gasteiger partial charge in [0, 0.05) is 29.3 Å². The number of aryl methyl sites for hydroxylation is 1. The minimum absolute atomic E-state index is 0.283. The zero-order valence-corrected chi connectivity index (χ0v) is 13.3. The number of rotatable bonds is 2. The Labute approximate surface area is 123 Å². The van der Waals surface area contributed by atoms with Crippen molar-refractivity contribution in [2.75, 3.05) is 25.0 Å². The van der Waals surface area contributed by atoms with E-state index in [1.165, 1.54) is 11.3 Å². The Bertz CT molecular complexity index is 495. The molecular formula is C15H20BrN3. The normalized spacial score (nSPS) is 24.3. The Morgan fingerprint density at radius 3 is 2.79 bits per heavy atom. The fourth-order valence-corrected chi connectivity index (χ4v) is 3.18. The maximum atomic E-state index is 9.05. The third-order valence-corrected chi connectivity index (χ3v) is 4.44. The highest BCUT2D eigenvalue weighted by molar-refractivity contribution is 9.10. The molecule has 4 heteroatoms. The van der Waals surface area contributed by atoms with Crippen LogP contribution in [-0.2, 0) is 0 Å². The van der Waals surface area contributed by atoms with Crippen LogP contribution in [-0.4, -0.2) is 37.1 Å². The fraction of sp³-hybridized carbons (Fsp3) is 0.533. The van der Waals surface area contributed by atoms with Crippen LogP contribution in [0.2, 0.25) is 0 Å². The van der Waals surface area contributed by atoms with Crippen molar-refractivity contribution in [2.45, 2.75) is 32.4 Å². The van der Waals surface area contributed by atoms with E-state index in [-0.39, 0.29) is 6.04 Å². The first-order valence-corrected chi connectivity index (χ1v) is 7.42. The molecule has 1 heterocycles. The third-order valence-electron chi connectivity index (χ3n) is 3.95. The van der Waals surface area contributed by atoms with Gasteiger partial charge in [-0.3, -0.25) is 4.90 Å². The molecule has 0 aromatic heterocycles. The lowest BCUT2D eigenvalue weighted by molar-refractivity contribution is 0.200. The first kappa shape index (κ1) is 14.4. The second-order valence-corrected chi connectivity index (χ2v) is 6.30. The molecule has 0 amide bonds. The van der Waals surface area contributed by atoms with Crippen molar-refractivity contribution in [1.82, 2.24) is 4.90 Å². The molecular weight excluding hydrogens is 302 g/mol. The summed E-state index contributed by atoms with van der Waals surface area (Å²) in [7, 11) is 2.14. The van der Waals surface area contributed by atoms with Crippen LogP contribution in [0.5, 0.6) is 0 Å². The molecule has 0 spiro atoms. The number of piperazine rings is 1. The van der Waals surface area contributed by atoms with Gasteiger partial charge in [0.1, 0.15) is 0 Å². The molecule has 0 saturated carbocycles. The van der Waals surface area contributed by atoms with Crippen molar-refractivity contribution in [3.8, 4) is 6.07 Å². The summed E-state index contributed by atoms with van der Waals surface area (Å²) in [5.74, 6) is 0. The van der Waals surface area contributed by atoms with Gasteiger partial charge >= 0.3 is 0 Å².